The van der Waals surface area contributed by atoms with Crippen LogP contribution in [0.25, 0.3) is 5.69 Å². The summed E-state index contributed by atoms with van der Waals surface area (Å²) in [6, 6.07) is 7.12. The van der Waals surface area contributed by atoms with E-state index < -0.39 is 0 Å². The number of tetrazole rings is 1. The maximum Gasteiger partial charge on any atom is 0.230 e. The molecule has 1 aromatic carbocycles. The molecule has 24 heavy (non-hydrogen) atoms. The van der Waals surface area contributed by atoms with Crippen LogP contribution in [0.3, 0.4) is 0 Å². The van der Waals surface area contributed by atoms with E-state index >= 15 is 0 Å². The highest BCUT2D eigenvalue weighted by Gasteiger charge is 2.09. The number of carbonyl (C=O) groups excluding carboxylic acids is 2. The Kier molecular flexibility index (Phi) is 4.57. The fraction of sp³-hybridized carbons (Fsp3) is 0.143. The zero-order chi connectivity index (χ0) is 16.9. The number of rotatable bonds is 5. The smallest absolute Gasteiger partial charge is 0.230 e. The van der Waals surface area contributed by atoms with Crippen molar-refractivity contribution in [3.05, 3.63) is 41.7 Å². The molecule has 0 aliphatic rings. The van der Waals surface area contributed by atoms with E-state index in [1.165, 1.54) is 29.3 Å². The summed E-state index contributed by atoms with van der Waals surface area (Å²) in [6.07, 6.45) is 1.62. The number of nitrogens with one attached hydrogen (secondary N) is 2. The van der Waals surface area contributed by atoms with Gasteiger partial charge in [-0.15, -0.1) is 16.4 Å². The van der Waals surface area contributed by atoms with Crippen molar-refractivity contribution in [1.82, 2.24) is 25.2 Å². The van der Waals surface area contributed by atoms with Crippen molar-refractivity contribution < 1.29 is 9.59 Å². The van der Waals surface area contributed by atoms with Gasteiger partial charge in [-0.05, 0) is 34.7 Å². The molecule has 122 valence electrons. The van der Waals surface area contributed by atoms with Crippen LogP contribution in [-0.2, 0) is 16.0 Å². The number of carbonyl (C=O) groups is 2. The van der Waals surface area contributed by atoms with Crippen molar-refractivity contribution in [3.8, 4) is 5.69 Å². The molecule has 0 fully saturated rings. The first-order valence-corrected chi connectivity index (χ1v) is 7.83. The van der Waals surface area contributed by atoms with Crippen molar-refractivity contribution in [3.63, 3.8) is 0 Å². The predicted octanol–water partition coefficient (Wildman–Crippen LogP) is 1.26. The highest BCUT2D eigenvalue weighted by Crippen LogP contribution is 2.17. The number of amides is 2. The summed E-state index contributed by atoms with van der Waals surface area (Å²) in [7, 11) is 0. The second kappa shape index (κ2) is 6.96. The van der Waals surface area contributed by atoms with Crippen LogP contribution < -0.4 is 10.6 Å². The minimum Gasteiger partial charge on any atom is -0.326 e. The Hall–Kier alpha value is -3.14. The number of benzene rings is 1. The molecule has 0 atom stereocenters. The lowest BCUT2D eigenvalue weighted by Gasteiger charge is -2.05. The van der Waals surface area contributed by atoms with Crippen LogP contribution in [0.5, 0.6) is 0 Å². The fourth-order valence-electron chi connectivity index (χ4n) is 1.94. The minimum absolute atomic E-state index is 0.130. The highest BCUT2D eigenvalue weighted by molar-refractivity contribution is 7.13. The van der Waals surface area contributed by atoms with Gasteiger partial charge >= 0.3 is 0 Å². The van der Waals surface area contributed by atoms with Gasteiger partial charge in [-0.25, -0.2) is 9.67 Å². The lowest BCUT2D eigenvalue weighted by atomic mass is 10.2. The number of thiazole rings is 1. The van der Waals surface area contributed by atoms with Crippen molar-refractivity contribution in [1.29, 1.82) is 0 Å². The first-order valence-electron chi connectivity index (χ1n) is 6.95. The molecular formula is C14H13N7O2S. The first kappa shape index (κ1) is 15.7. The van der Waals surface area contributed by atoms with E-state index in [1.807, 2.05) is 0 Å². The van der Waals surface area contributed by atoms with Gasteiger partial charge in [-0.3, -0.25) is 9.59 Å². The lowest BCUT2D eigenvalue weighted by Crippen LogP contribution is -2.14. The Labute approximate surface area is 140 Å². The average Bonchev–Trinajstić information content (AvgIpc) is 3.19. The van der Waals surface area contributed by atoms with Crippen molar-refractivity contribution in [2.75, 3.05) is 10.6 Å². The summed E-state index contributed by atoms with van der Waals surface area (Å²) in [5.74, 6) is -0.382. The van der Waals surface area contributed by atoms with Gasteiger partial charge in [0.1, 0.15) is 6.33 Å². The molecule has 0 radical (unpaired) electrons. The number of hydrogen-bond acceptors (Lipinski definition) is 7. The van der Waals surface area contributed by atoms with Crippen LogP contribution >= 0.6 is 11.3 Å². The molecule has 0 saturated carbocycles. The molecule has 0 aliphatic carbocycles. The van der Waals surface area contributed by atoms with Gasteiger partial charge in [0.05, 0.1) is 17.8 Å². The van der Waals surface area contributed by atoms with Gasteiger partial charge in [-0.1, -0.05) is 0 Å². The van der Waals surface area contributed by atoms with E-state index in [0.29, 0.717) is 16.5 Å². The fourth-order valence-corrected chi connectivity index (χ4v) is 2.70. The molecular weight excluding hydrogens is 330 g/mol. The lowest BCUT2D eigenvalue weighted by molar-refractivity contribution is -0.116. The zero-order valence-electron chi connectivity index (χ0n) is 12.6. The predicted molar refractivity (Wildman–Crippen MR) is 87.9 cm³/mol. The van der Waals surface area contributed by atoms with Gasteiger partial charge in [0, 0.05) is 18.0 Å². The van der Waals surface area contributed by atoms with Crippen LogP contribution in [0.1, 0.15) is 12.6 Å². The van der Waals surface area contributed by atoms with Crippen molar-refractivity contribution in [2.24, 2.45) is 0 Å². The second-order valence-corrected chi connectivity index (χ2v) is 5.71. The molecule has 0 spiro atoms. The molecule has 10 heteroatoms. The van der Waals surface area contributed by atoms with Gasteiger partial charge in [0.15, 0.2) is 5.13 Å². The monoisotopic (exact) mass is 343 g/mol. The summed E-state index contributed by atoms with van der Waals surface area (Å²) in [5.41, 5.74) is 2.05. The molecule has 2 N–H and O–H groups in total. The number of aromatic nitrogens is 5. The molecule has 0 aliphatic heterocycles. The standard InChI is InChI=1S/C14H13N7O2S/c1-9(22)16-14-18-11(7-24-14)6-13(23)17-10-2-4-12(5-3-10)21-8-15-19-20-21/h2-5,7-8H,6H2,1H3,(H,17,23)(H,16,18,22). The van der Waals surface area contributed by atoms with E-state index in [4.69, 9.17) is 0 Å². The summed E-state index contributed by atoms with van der Waals surface area (Å²) in [4.78, 5) is 27.2. The number of nitrogens with zero attached hydrogens (tertiary/aromatic N) is 5. The molecule has 9 nitrogen and oxygen atoms in total. The SMILES string of the molecule is CC(=O)Nc1nc(CC(=O)Nc2ccc(-n3cnnn3)cc2)cs1. The topological polar surface area (TPSA) is 115 Å². The van der Waals surface area contributed by atoms with E-state index in [-0.39, 0.29) is 18.2 Å². The number of anilines is 2. The Morgan fingerprint density at radius 1 is 1.21 bits per heavy atom. The normalized spacial score (nSPS) is 10.4. The third kappa shape index (κ3) is 3.98. The van der Waals surface area contributed by atoms with E-state index in [1.54, 1.807) is 29.6 Å². The summed E-state index contributed by atoms with van der Waals surface area (Å²) < 4.78 is 1.52. The van der Waals surface area contributed by atoms with Crippen LogP contribution in [-0.4, -0.2) is 37.0 Å². The zero-order valence-corrected chi connectivity index (χ0v) is 13.4. The molecule has 2 amide bonds. The quantitative estimate of drug-likeness (QED) is 0.721. The largest absolute Gasteiger partial charge is 0.326 e. The maximum absolute atomic E-state index is 12.1. The Bertz CT molecular complexity index is 842. The molecule has 3 rings (SSSR count). The van der Waals surface area contributed by atoms with Gasteiger partial charge in [0.2, 0.25) is 11.8 Å². The molecule has 0 bridgehead atoms. The summed E-state index contributed by atoms with van der Waals surface area (Å²) in [5, 5.41) is 18.5. The van der Waals surface area contributed by atoms with Gasteiger partial charge < -0.3 is 10.6 Å². The molecule has 2 heterocycles. The summed E-state index contributed by atoms with van der Waals surface area (Å²) in [6.45, 7) is 1.41. The molecule has 3 aromatic rings. The Morgan fingerprint density at radius 2 is 2.00 bits per heavy atom. The van der Waals surface area contributed by atoms with Crippen molar-refractivity contribution >= 4 is 34.0 Å². The maximum atomic E-state index is 12.1. The van der Waals surface area contributed by atoms with Gasteiger partial charge in [0.25, 0.3) is 0 Å². The Morgan fingerprint density at radius 3 is 2.67 bits per heavy atom. The third-order valence-corrected chi connectivity index (χ3v) is 3.75. The number of hydrogen-bond donors (Lipinski definition) is 2. The highest BCUT2D eigenvalue weighted by atomic mass is 32.1. The average molecular weight is 343 g/mol. The van der Waals surface area contributed by atoms with Crippen molar-refractivity contribution in [2.45, 2.75) is 13.3 Å². The molecule has 0 saturated heterocycles. The second-order valence-electron chi connectivity index (χ2n) is 4.85. The molecule has 2 aromatic heterocycles. The van der Waals surface area contributed by atoms with Gasteiger partial charge in [-0.2, -0.15) is 0 Å². The van der Waals surface area contributed by atoms with E-state index in [2.05, 4.69) is 31.1 Å². The van der Waals surface area contributed by atoms with Crippen LogP contribution in [0, 0.1) is 0 Å². The minimum atomic E-state index is -0.192. The summed E-state index contributed by atoms with van der Waals surface area (Å²) >= 11 is 1.28. The Balaban J connectivity index is 1.58. The van der Waals surface area contributed by atoms with Crippen LogP contribution in [0.15, 0.2) is 36.0 Å². The molecule has 0 unspecified atom stereocenters. The third-order valence-electron chi connectivity index (χ3n) is 2.94. The van der Waals surface area contributed by atoms with Crippen LogP contribution in [0.2, 0.25) is 0 Å². The first-order chi connectivity index (χ1) is 11.6. The van der Waals surface area contributed by atoms with Crippen LogP contribution in [0.4, 0.5) is 10.8 Å². The van der Waals surface area contributed by atoms with E-state index in [9.17, 15) is 9.59 Å². The van der Waals surface area contributed by atoms with E-state index in [0.717, 1.165) is 5.69 Å².